The van der Waals surface area contributed by atoms with Gasteiger partial charge in [-0.3, -0.25) is 4.79 Å². The third kappa shape index (κ3) is 2.27. The number of aldehydes is 1. The number of carbonyl (C=O) groups is 1. The first kappa shape index (κ1) is 9.98. The summed E-state index contributed by atoms with van der Waals surface area (Å²) in [6, 6.07) is 9.20. The summed E-state index contributed by atoms with van der Waals surface area (Å²) < 4.78 is 0.958. The van der Waals surface area contributed by atoms with E-state index in [4.69, 9.17) is 0 Å². The molecule has 1 aromatic carbocycles. The predicted molar refractivity (Wildman–Crippen MR) is 60.6 cm³/mol. The van der Waals surface area contributed by atoms with Gasteiger partial charge < -0.3 is 0 Å². The zero-order valence-electron chi connectivity index (χ0n) is 7.72. The number of rotatable bonds is 2. The molecule has 2 aromatic rings. The summed E-state index contributed by atoms with van der Waals surface area (Å²) in [6.07, 6.45) is 2.29. The van der Waals surface area contributed by atoms with Crippen LogP contribution in [0.5, 0.6) is 0 Å². The van der Waals surface area contributed by atoms with Gasteiger partial charge in [-0.25, -0.2) is 9.97 Å². The number of benzene rings is 1. The quantitative estimate of drug-likeness (QED) is 0.782. The SMILES string of the molecule is O=Cc1ccnc(-c2cccc(Br)c2)n1. The number of nitrogens with zero attached hydrogens (tertiary/aromatic N) is 2. The Bertz CT molecular complexity index is 499. The molecule has 0 aliphatic carbocycles. The molecule has 3 nitrogen and oxygen atoms in total. The highest BCUT2D eigenvalue weighted by molar-refractivity contribution is 9.10. The third-order valence-corrected chi connectivity index (χ3v) is 2.37. The van der Waals surface area contributed by atoms with E-state index < -0.39 is 0 Å². The Morgan fingerprint density at radius 3 is 2.87 bits per heavy atom. The van der Waals surface area contributed by atoms with Gasteiger partial charge in [0.1, 0.15) is 5.69 Å². The van der Waals surface area contributed by atoms with Gasteiger partial charge in [0, 0.05) is 16.2 Å². The topological polar surface area (TPSA) is 42.9 Å². The molecule has 0 amide bonds. The number of carbonyl (C=O) groups excluding carboxylic acids is 1. The summed E-state index contributed by atoms with van der Waals surface area (Å²) in [5, 5.41) is 0. The lowest BCUT2D eigenvalue weighted by molar-refractivity contribution is 0.111. The second-order valence-electron chi connectivity index (χ2n) is 2.93. The van der Waals surface area contributed by atoms with Crippen LogP contribution in [0, 0.1) is 0 Å². The highest BCUT2D eigenvalue weighted by Crippen LogP contribution is 2.19. The maximum absolute atomic E-state index is 10.6. The van der Waals surface area contributed by atoms with Crippen molar-refractivity contribution in [2.24, 2.45) is 0 Å². The lowest BCUT2D eigenvalue weighted by Crippen LogP contribution is -1.93. The van der Waals surface area contributed by atoms with Crippen molar-refractivity contribution in [2.45, 2.75) is 0 Å². The molecule has 1 heterocycles. The number of hydrogen-bond donors (Lipinski definition) is 0. The van der Waals surface area contributed by atoms with Gasteiger partial charge in [0.05, 0.1) is 0 Å². The van der Waals surface area contributed by atoms with E-state index in [2.05, 4.69) is 25.9 Å². The van der Waals surface area contributed by atoms with Gasteiger partial charge in [0.2, 0.25) is 0 Å². The van der Waals surface area contributed by atoms with Crippen molar-refractivity contribution < 1.29 is 4.79 Å². The van der Waals surface area contributed by atoms with Crippen LogP contribution in [0.2, 0.25) is 0 Å². The van der Waals surface area contributed by atoms with E-state index in [-0.39, 0.29) is 0 Å². The number of aromatic nitrogens is 2. The molecule has 1 aromatic heterocycles. The van der Waals surface area contributed by atoms with Crippen molar-refractivity contribution in [2.75, 3.05) is 0 Å². The summed E-state index contributed by atoms with van der Waals surface area (Å²) in [5.74, 6) is 0.556. The maximum Gasteiger partial charge on any atom is 0.168 e. The summed E-state index contributed by atoms with van der Waals surface area (Å²) in [7, 11) is 0. The van der Waals surface area contributed by atoms with E-state index in [1.165, 1.54) is 0 Å². The van der Waals surface area contributed by atoms with Crippen LogP contribution in [0.25, 0.3) is 11.4 Å². The van der Waals surface area contributed by atoms with Crippen LogP contribution in [0.4, 0.5) is 0 Å². The van der Waals surface area contributed by atoms with Crippen LogP contribution in [-0.4, -0.2) is 16.3 Å². The van der Waals surface area contributed by atoms with Crippen LogP contribution in [0.3, 0.4) is 0 Å². The molecule has 0 fully saturated rings. The first-order valence-electron chi connectivity index (χ1n) is 4.34. The molecule has 4 heteroatoms. The summed E-state index contributed by atoms with van der Waals surface area (Å²) in [6.45, 7) is 0. The minimum Gasteiger partial charge on any atom is -0.296 e. The van der Waals surface area contributed by atoms with E-state index in [9.17, 15) is 4.79 Å². The van der Waals surface area contributed by atoms with Crippen LogP contribution < -0.4 is 0 Å². The Morgan fingerprint density at radius 2 is 2.13 bits per heavy atom. The van der Waals surface area contributed by atoms with E-state index >= 15 is 0 Å². The molecule has 0 aliphatic rings. The maximum atomic E-state index is 10.6. The van der Waals surface area contributed by atoms with Gasteiger partial charge in [-0.2, -0.15) is 0 Å². The lowest BCUT2D eigenvalue weighted by Gasteiger charge is -2.00. The highest BCUT2D eigenvalue weighted by Gasteiger charge is 2.02. The molecule has 0 aliphatic heterocycles. The van der Waals surface area contributed by atoms with Crippen LogP contribution >= 0.6 is 15.9 Å². The molecule has 2 rings (SSSR count). The van der Waals surface area contributed by atoms with Crippen LogP contribution in [0.15, 0.2) is 41.0 Å². The Morgan fingerprint density at radius 1 is 1.27 bits per heavy atom. The Kier molecular flexibility index (Phi) is 2.87. The van der Waals surface area contributed by atoms with Gasteiger partial charge in [-0.05, 0) is 18.2 Å². The standard InChI is InChI=1S/C11H7BrN2O/c12-9-3-1-2-8(6-9)11-13-5-4-10(7-15)14-11/h1-7H. The average Bonchev–Trinajstić information content (AvgIpc) is 2.29. The fraction of sp³-hybridized carbons (Fsp3) is 0. The molecular formula is C11H7BrN2O. The Balaban J connectivity index is 2.49. The second-order valence-corrected chi connectivity index (χ2v) is 3.85. The van der Waals surface area contributed by atoms with Crippen molar-refractivity contribution in [1.82, 2.24) is 9.97 Å². The van der Waals surface area contributed by atoms with E-state index in [1.807, 2.05) is 24.3 Å². The van der Waals surface area contributed by atoms with Crippen molar-refractivity contribution >= 4 is 22.2 Å². The van der Waals surface area contributed by atoms with Gasteiger partial charge in [-0.15, -0.1) is 0 Å². The molecule has 0 spiro atoms. The van der Waals surface area contributed by atoms with Crippen molar-refractivity contribution in [1.29, 1.82) is 0 Å². The molecular weight excluding hydrogens is 256 g/mol. The molecule has 0 atom stereocenters. The Hall–Kier alpha value is -1.55. The van der Waals surface area contributed by atoms with E-state index in [0.29, 0.717) is 17.8 Å². The molecule has 0 N–H and O–H groups in total. The van der Waals surface area contributed by atoms with Gasteiger partial charge in [0.15, 0.2) is 12.1 Å². The third-order valence-electron chi connectivity index (χ3n) is 1.88. The number of halogens is 1. The second kappa shape index (κ2) is 4.31. The Labute approximate surface area is 95.3 Å². The van der Waals surface area contributed by atoms with Gasteiger partial charge in [-0.1, -0.05) is 28.1 Å². The number of hydrogen-bond acceptors (Lipinski definition) is 3. The smallest absolute Gasteiger partial charge is 0.168 e. The minimum absolute atomic E-state index is 0.389. The highest BCUT2D eigenvalue weighted by atomic mass is 79.9. The summed E-state index contributed by atoms with van der Waals surface area (Å²) in [4.78, 5) is 18.8. The first-order valence-corrected chi connectivity index (χ1v) is 5.13. The fourth-order valence-electron chi connectivity index (χ4n) is 1.20. The van der Waals surface area contributed by atoms with Crippen LogP contribution in [0.1, 0.15) is 10.5 Å². The van der Waals surface area contributed by atoms with Gasteiger partial charge >= 0.3 is 0 Å². The summed E-state index contributed by atoms with van der Waals surface area (Å²) in [5.41, 5.74) is 1.27. The van der Waals surface area contributed by atoms with Crippen molar-refractivity contribution in [3.05, 3.63) is 46.7 Å². The molecule has 15 heavy (non-hydrogen) atoms. The predicted octanol–water partition coefficient (Wildman–Crippen LogP) is 2.72. The van der Waals surface area contributed by atoms with Crippen molar-refractivity contribution in [3.63, 3.8) is 0 Å². The largest absolute Gasteiger partial charge is 0.296 e. The van der Waals surface area contributed by atoms with E-state index in [0.717, 1.165) is 10.0 Å². The molecule has 74 valence electrons. The van der Waals surface area contributed by atoms with Crippen molar-refractivity contribution in [3.8, 4) is 11.4 Å². The zero-order valence-corrected chi connectivity index (χ0v) is 9.31. The molecule has 0 saturated heterocycles. The molecule has 0 radical (unpaired) electrons. The monoisotopic (exact) mass is 262 g/mol. The van der Waals surface area contributed by atoms with Crippen LogP contribution in [-0.2, 0) is 0 Å². The molecule has 0 unspecified atom stereocenters. The van der Waals surface area contributed by atoms with Gasteiger partial charge in [0.25, 0.3) is 0 Å². The zero-order chi connectivity index (χ0) is 10.7. The normalized spacial score (nSPS) is 9.93. The fourth-order valence-corrected chi connectivity index (χ4v) is 1.60. The molecule has 0 saturated carbocycles. The van der Waals surface area contributed by atoms with E-state index in [1.54, 1.807) is 12.3 Å². The minimum atomic E-state index is 0.389. The first-order chi connectivity index (χ1) is 7.29. The summed E-state index contributed by atoms with van der Waals surface area (Å²) >= 11 is 3.37. The lowest BCUT2D eigenvalue weighted by atomic mass is 10.2. The molecule has 0 bridgehead atoms. The average molecular weight is 263 g/mol.